The van der Waals surface area contributed by atoms with Crippen LogP contribution in [-0.2, 0) is 4.74 Å². The summed E-state index contributed by atoms with van der Waals surface area (Å²) in [5.41, 5.74) is -0.218. The fourth-order valence-electron chi connectivity index (χ4n) is 1.29. The van der Waals surface area contributed by atoms with Gasteiger partial charge >= 0.3 is 6.09 Å². The Morgan fingerprint density at radius 1 is 1.48 bits per heavy atom. The topological polar surface area (TPSA) is 81.5 Å². The number of carbonyl (C=O) groups excluding carboxylic acids is 1. The zero-order chi connectivity index (χ0) is 16.0. The monoisotopic (exact) mass is 310 g/mol. The number of alkyl carbamates (subject to hydrolysis) is 1. The Balaban J connectivity index is 2.60. The largest absolute Gasteiger partial charge is 0.444 e. The van der Waals surface area contributed by atoms with Crippen molar-refractivity contribution in [2.45, 2.75) is 26.4 Å². The summed E-state index contributed by atoms with van der Waals surface area (Å²) in [7, 11) is 0. The molecule has 21 heavy (non-hydrogen) atoms. The summed E-state index contributed by atoms with van der Waals surface area (Å²) in [4.78, 5) is 21.4. The minimum Gasteiger partial charge on any atom is -0.444 e. The van der Waals surface area contributed by atoms with E-state index in [1.54, 1.807) is 20.8 Å². The van der Waals surface area contributed by atoms with Crippen LogP contribution in [0.5, 0.6) is 0 Å². The maximum Gasteiger partial charge on any atom is 0.408 e. The smallest absolute Gasteiger partial charge is 0.408 e. The molecule has 1 aromatic rings. The number of nitro groups is 1. The van der Waals surface area contributed by atoms with Crippen LogP contribution in [0, 0.1) is 22.0 Å². The standard InChI is InChI=1S/C14H15ClN2O4/c1-14(2,3)21-13(18)16-8-4-5-10-6-7-11(17(19)20)9-12(10)15/h6-7,9H,8H2,1-3H3,(H,16,18). The lowest BCUT2D eigenvalue weighted by Crippen LogP contribution is -2.32. The lowest BCUT2D eigenvalue weighted by atomic mass is 10.2. The van der Waals surface area contributed by atoms with Gasteiger partial charge < -0.3 is 10.1 Å². The second-order valence-electron chi connectivity index (χ2n) is 5.08. The van der Waals surface area contributed by atoms with Crippen molar-refractivity contribution in [3.8, 4) is 11.8 Å². The van der Waals surface area contributed by atoms with Gasteiger partial charge in [0.1, 0.15) is 5.60 Å². The molecule has 0 bridgehead atoms. The number of carbonyl (C=O) groups is 1. The molecule has 0 fully saturated rings. The molecule has 0 saturated carbocycles. The molecule has 1 aromatic carbocycles. The second-order valence-corrected chi connectivity index (χ2v) is 5.49. The number of benzene rings is 1. The first-order chi connectivity index (χ1) is 9.69. The number of non-ortho nitro benzene ring substituents is 1. The molecular formula is C14H15ClN2O4. The minimum atomic E-state index is -0.570. The highest BCUT2D eigenvalue weighted by Gasteiger charge is 2.15. The molecule has 0 unspecified atom stereocenters. The van der Waals surface area contributed by atoms with E-state index in [0.29, 0.717) is 5.56 Å². The Morgan fingerprint density at radius 3 is 2.67 bits per heavy atom. The van der Waals surface area contributed by atoms with Gasteiger partial charge in [-0.3, -0.25) is 10.1 Å². The summed E-state index contributed by atoms with van der Waals surface area (Å²) in [6.45, 7) is 5.36. The zero-order valence-electron chi connectivity index (χ0n) is 11.9. The third kappa shape index (κ3) is 6.15. The van der Waals surface area contributed by atoms with E-state index >= 15 is 0 Å². The number of nitrogens with zero attached hydrogens (tertiary/aromatic N) is 1. The van der Waals surface area contributed by atoms with E-state index < -0.39 is 16.6 Å². The SMILES string of the molecule is CC(C)(C)OC(=O)NCC#Cc1ccc([N+](=O)[O-])cc1Cl. The molecule has 1 N–H and O–H groups in total. The summed E-state index contributed by atoms with van der Waals surface area (Å²) in [5.74, 6) is 5.41. The first-order valence-corrected chi connectivity index (χ1v) is 6.46. The van der Waals surface area contributed by atoms with Crippen molar-refractivity contribution in [2.24, 2.45) is 0 Å². The summed E-state index contributed by atoms with van der Waals surface area (Å²) >= 11 is 5.88. The fourth-order valence-corrected chi connectivity index (χ4v) is 1.51. The average molecular weight is 311 g/mol. The Bertz CT molecular complexity index is 612. The number of ether oxygens (including phenoxy) is 1. The van der Waals surface area contributed by atoms with Gasteiger partial charge in [0, 0.05) is 17.7 Å². The summed E-state index contributed by atoms with van der Waals surface area (Å²) in [6, 6.07) is 4.00. The van der Waals surface area contributed by atoms with Crippen LogP contribution in [0.4, 0.5) is 10.5 Å². The van der Waals surface area contributed by atoms with E-state index in [1.165, 1.54) is 18.2 Å². The minimum absolute atomic E-state index is 0.0855. The van der Waals surface area contributed by atoms with Crippen molar-refractivity contribution in [1.29, 1.82) is 0 Å². The number of amides is 1. The number of halogens is 1. The van der Waals surface area contributed by atoms with Crippen molar-refractivity contribution in [3.63, 3.8) is 0 Å². The lowest BCUT2D eigenvalue weighted by molar-refractivity contribution is -0.384. The Hall–Kier alpha value is -2.26. The summed E-state index contributed by atoms with van der Waals surface area (Å²) in [6.07, 6.45) is -0.563. The van der Waals surface area contributed by atoms with Gasteiger partial charge in [-0.15, -0.1) is 0 Å². The van der Waals surface area contributed by atoms with E-state index in [9.17, 15) is 14.9 Å². The Labute approximate surface area is 127 Å². The van der Waals surface area contributed by atoms with E-state index in [0.717, 1.165) is 0 Å². The molecule has 0 spiro atoms. The normalized spacial score (nSPS) is 10.3. The molecule has 1 amide bonds. The molecule has 0 saturated heterocycles. The van der Waals surface area contributed by atoms with Crippen molar-refractivity contribution in [2.75, 3.05) is 6.54 Å². The van der Waals surface area contributed by atoms with Crippen LogP contribution >= 0.6 is 11.6 Å². The van der Waals surface area contributed by atoms with Gasteiger partial charge in [0.25, 0.3) is 5.69 Å². The van der Waals surface area contributed by atoms with E-state index in [2.05, 4.69) is 17.2 Å². The van der Waals surface area contributed by atoms with Crippen LogP contribution < -0.4 is 5.32 Å². The van der Waals surface area contributed by atoms with Crippen LogP contribution in [0.1, 0.15) is 26.3 Å². The maximum absolute atomic E-state index is 11.4. The van der Waals surface area contributed by atoms with Crippen LogP contribution in [0.2, 0.25) is 5.02 Å². The molecule has 0 atom stereocenters. The molecule has 1 rings (SSSR count). The van der Waals surface area contributed by atoms with Gasteiger partial charge in [-0.2, -0.15) is 0 Å². The van der Waals surface area contributed by atoms with Crippen molar-refractivity contribution >= 4 is 23.4 Å². The molecule has 0 aliphatic rings. The van der Waals surface area contributed by atoms with Gasteiger partial charge in [0.15, 0.2) is 0 Å². The highest BCUT2D eigenvalue weighted by molar-refractivity contribution is 6.32. The summed E-state index contributed by atoms with van der Waals surface area (Å²) in [5, 5.41) is 13.2. The van der Waals surface area contributed by atoms with Crippen LogP contribution in [-0.4, -0.2) is 23.2 Å². The van der Waals surface area contributed by atoms with Gasteiger partial charge in [-0.05, 0) is 26.8 Å². The molecule has 0 aromatic heterocycles. The number of nitro benzene ring substituents is 1. The third-order valence-corrected chi connectivity index (χ3v) is 2.42. The van der Waals surface area contributed by atoms with Crippen molar-refractivity contribution in [3.05, 3.63) is 38.9 Å². The van der Waals surface area contributed by atoms with Gasteiger partial charge in [0.05, 0.1) is 16.5 Å². The second kappa shape index (κ2) is 6.95. The van der Waals surface area contributed by atoms with Crippen molar-refractivity contribution in [1.82, 2.24) is 5.32 Å². The van der Waals surface area contributed by atoms with Crippen molar-refractivity contribution < 1.29 is 14.5 Å². The highest BCUT2D eigenvalue weighted by atomic mass is 35.5. The zero-order valence-corrected chi connectivity index (χ0v) is 12.7. The predicted octanol–water partition coefficient (Wildman–Crippen LogP) is 3.12. The van der Waals surface area contributed by atoms with Gasteiger partial charge in [-0.1, -0.05) is 23.4 Å². The first kappa shape index (κ1) is 16.8. The average Bonchev–Trinajstić information content (AvgIpc) is 2.33. The number of hydrogen-bond donors (Lipinski definition) is 1. The number of hydrogen-bond acceptors (Lipinski definition) is 4. The van der Waals surface area contributed by atoms with Crippen LogP contribution in [0.25, 0.3) is 0 Å². The first-order valence-electron chi connectivity index (χ1n) is 6.09. The quantitative estimate of drug-likeness (QED) is 0.517. The Morgan fingerprint density at radius 2 is 2.14 bits per heavy atom. The van der Waals surface area contributed by atoms with E-state index in [1.807, 2.05) is 0 Å². The maximum atomic E-state index is 11.4. The molecular weight excluding hydrogens is 296 g/mol. The Kier molecular flexibility index (Phi) is 5.56. The summed E-state index contributed by atoms with van der Waals surface area (Å²) < 4.78 is 5.04. The lowest BCUT2D eigenvalue weighted by Gasteiger charge is -2.18. The molecule has 112 valence electrons. The molecule has 6 nitrogen and oxygen atoms in total. The predicted molar refractivity (Wildman–Crippen MR) is 79.2 cm³/mol. The fraction of sp³-hybridized carbons (Fsp3) is 0.357. The molecule has 7 heteroatoms. The number of rotatable bonds is 2. The molecule has 0 heterocycles. The highest BCUT2D eigenvalue weighted by Crippen LogP contribution is 2.21. The third-order valence-electron chi connectivity index (χ3n) is 2.11. The van der Waals surface area contributed by atoms with Crippen LogP contribution in [0.3, 0.4) is 0 Å². The van der Waals surface area contributed by atoms with Gasteiger partial charge in [-0.25, -0.2) is 4.79 Å². The molecule has 0 aliphatic heterocycles. The van der Waals surface area contributed by atoms with Crippen LogP contribution in [0.15, 0.2) is 18.2 Å². The van der Waals surface area contributed by atoms with E-state index in [-0.39, 0.29) is 17.3 Å². The van der Waals surface area contributed by atoms with E-state index in [4.69, 9.17) is 16.3 Å². The van der Waals surface area contributed by atoms with Gasteiger partial charge in [0.2, 0.25) is 0 Å². The molecule has 0 radical (unpaired) electrons. The molecule has 0 aliphatic carbocycles. The number of nitrogens with one attached hydrogen (secondary N) is 1.